The predicted octanol–water partition coefficient (Wildman–Crippen LogP) is 6.41. The van der Waals surface area contributed by atoms with Crippen LogP contribution in [-0.4, -0.2) is 36.1 Å². The zero-order valence-electron chi connectivity index (χ0n) is 23.4. The van der Waals surface area contributed by atoms with Crippen molar-refractivity contribution in [3.63, 3.8) is 0 Å². The first-order valence-corrected chi connectivity index (χ1v) is 13.9. The summed E-state index contributed by atoms with van der Waals surface area (Å²) in [5.41, 5.74) is 2.08. The molecule has 0 bridgehead atoms. The second-order valence-corrected chi connectivity index (χ2v) is 10.6. The van der Waals surface area contributed by atoms with Gasteiger partial charge in [-0.2, -0.15) is 4.98 Å². The number of benzene rings is 3. The average Bonchev–Trinajstić information content (AvgIpc) is 3.00. The lowest BCUT2D eigenvalue weighted by Gasteiger charge is -2.34. The summed E-state index contributed by atoms with van der Waals surface area (Å²) in [5.74, 6) is -0.512. The maximum absolute atomic E-state index is 14.7. The number of halogens is 2. The molecule has 6 rings (SSSR count). The van der Waals surface area contributed by atoms with E-state index < -0.39 is 29.2 Å². The van der Waals surface area contributed by atoms with Crippen LogP contribution in [0, 0.1) is 17.6 Å². The molecule has 0 spiro atoms. The smallest absolute Gasteiger partial charge is 0.274 e. The van der Waals surface area contributed by atoms with Crippen LogP contribution in [0.5, 0.6) is 11.5 Å². The molecule has 216 valence electrons. The Bertz CT molecular complexity index is 1570. The minimum atomic E-state index is -1.53. The monoisotopic (exact) mass is 571 g/mol. The predicted molar refractivity (Wildman–Crippen MR) is 156 cm³/mol. The summed E-state index contributed by atoms with van der Waals surface area (Å²) in [6, 6.07) is 18.6. The Labute approximate surface area is 242 Å². The van der Waals surface area contributed by atoms with E-state index in [-0.39, 0.29) is 24.1 Å². The van der Waals surface area contributed by atoms with Gasteiger partial charge in [-0.3, -0.25) is 9.69 Å². The van der Waals surface area contributed by atoms with Crippen LogP contribution >= 0.6 is 0 Å². The van der Waals surface area contributed by atoms with Gasteiger partial charge < -0.3 is 19.7 Å². The van der Waals surface area contributed by atoms with E-state index in [2.05, 4.69) is 27.1 Å². The number of amides is 1. The highest BCUT2D eigenvalue weighted by Gasteiger charge is 2.40. The van der Waals surface area contributed by atoms with Crippen LogP contribution < -0.4 is 24.6 Å². The highest BCUT2D eigenvalue weighted by molar-refractivity contribution is 5.99. The van der Waals surface area contributed by atoms with E-state index in [1.54, 1.807) is 7.11 Å². The van der Waals surface area contributed by atoms with Crippen molar-refractivity contribution < 1.29 is 23.0 Å². The number of hydrogen-bond acceptors (Lipinski definition) is 7. The highest BCUT2D eigenvalue weighted by Crippen LogP contribution is 2.41. The van der Waals surface area contributed by atoms with E-state index >= 15 is 0 Å². The van der Waals surface area contributed by atoms with Crippen LogP contribution in [0.15, 0.2) is 72.9 Å². The molecule has 0 radical (unpaired) electrons. The Balaban J connectivity index is 1.32. The fraction of sp³-hybridized carbons (Fsp3) is 0.281. The quantitative estimate of drug-likeness (QED) is 0.275. The molecule has 0 aliphatic carbocycles. The number of fused-ring (bicyclic) bond motifs is 1. The molecular weight excluding hydrogens is 540 g/mol. The number of rotatable bonds is 7. The summed E-state index contributed by atoms with van der Waals surface area (Å²) >= 11 is 0. The summed E-state index contributed by atoms with van der Waals surface area (Å²) in [7, 11) is 1.60. The van der Waals surface area contributed by atoms with Crippen molar-refractivity contribution >= 4 is 29.0 Å². The van der Waals surface area contributed by atoms with Gasteiger partial charge in [0.05, 0.1) is 31.1 Å². The summed E-state index contributed by atoms with van der Waals surface area (Å²) in [5, 5.41) is 3.19. The van der Waals surface area contributed by atoms with Gasteiger partial charge in [0.1, 0.15) is 17.4 Å². The topological polar surface area (TPSA) is 79.8 Å². The van der Waals surface area contributed by atoms with Crippen LogP contribution in [0.1, 0.15) is 37.0 Å². The number of ether oxygens (including phenoxy) is 2. The van der Waals surface area contributed by atoms with E-state index in [4.69, 9.17) is 9.47 Å². The van der Waals surface area contributed by atoms with Crippen LogP contribution in [0.2, 0.25) is 0 Å². The van der Waals surface area contributed by atoms with Gasteiger partial charge in [-0.25, -0.2) is 13.8 Å². The summed E-state index contributed by atoms with van der Waals surface area (Å²) in [6.07, 6.45) is 2.16. The fourth-order valence-corrected chi connectivity index (χ4v) is 5.35. The second kappa shape index (κ2) is 11.6. The number of nitrogens with one attached hydrogen (secondary N) is 1. The maximum Gasteiger partial charge on any atom is 0.274 e. The number of nitrogens with zero attached hydrogens (tertiary/aromatic N) is 4. The minimum absolute atomic E-state index is 0.117. The van der Waals surface area contributed by atoms with Crippen LogP contribution in [0.25, 0.3) is 0 Å². The van der Waals surface area contributed by atoms with E-state index in [0.717, 1.165) is 55.2 Å². The molecule has 2 aliphatic rings. The summed E-state index contributed by atoms with van der Waals surface area (Å²) in [6.45, 7) is 4.38. The van der Waals surface area contributed by atoms with Gasteiger partial charge in [0, 0.05) is 24.8 Å². The SMILES string of the molecule is COc1cc(N2CCC(C)CC2)ccc1Nc1ncc2c(n1)N(Cc1ccccc1)C(=O)C(c1c(F)cccc1F)O2. The number of anilines is 4. The zero-order valence-corrected chi connectivity index (χ0v) is 23.4. The number of aromatic nitrogens is 2. The Morgan fingerprint density at radius 2 is 1.76 bits per heavy atom. The van der Waals surface area contributed by atoms with Crippen molar-refractivity contribution in [2.45, 2.75) is 32.4 Å². The summed E-state index contributed by atoms with van der Waals surface area (Å²) < 4.78 is 41.0. The first kappa shape index (κ1) is 27.4. The van der Waals surface area contributed by atoms with Gasteiger partial charge in [-0.15, -0.1) is 0 Å². The Hall–Kier alpha value is -4.73. The lowest BCUT2D eigenvalue weighted by molar-refractivity contribution is -0.127. The van der Waals surface area contributed by atoms with Gasteiger partial charge in [0.2, 0.25) is 12.1 Å². The summed E-state index contributed by atoms with van der Waals surface area (Å²) in [4.78, 5) is 26.5. The molecule has 4 aromatic rings. The first-order chi connectivity index (χ1) is 20.4. The third-order valence-electron chi connectivity index (χ3n) is 7.75. The first-order valence-electron chi connectivity index (χ1n) is 13.9. The van der Waals surface area contributed by atoms with Crippen LogP contribution in [0.4, 0.5) is 31.9 Å². The zero-order chi connectivity index (χ0) is 29.2. The second-order valence-electron chi connectivity index (χ2n) is 10.6. The van der Waals surface area contributed by atoms with Gasteiger partial charge in [0.25, 0.3) is 5.91 Å². The van der Waals surface area contributed by atoms with Gasteiger partial charge >= 0.3 is 0 Å². The molecule has 1 saturated heterocycles. The van der Waals surface area contributed by atoms with Crippen LogP contribution in [-0.2, 0) is 11.3 Å². The van der Waals surface area contributed by atoms with Gasteiger partial charge in [-0.1, -0.05) is 43.3 Å². The largest absolute Gasteiger partial charge is 0.494 e. The number of hydrogen-bond donors (Lipinski definition) is 1. The molecule has 8 nitrogen and oxygen atoms in total. The van der Waals surface area contributed by atoms with E-state index in [9.17, 15) is 13.6 Å². The van der Waals surface area contributed by atoms with Crippen LogP contribution in [0.3, 0.4) is 0 Å². The molecule has 1 fully saturated rings. The fourth-order valence-electron chi connectivity index (χ4n) is 5.35. The van der Waals surface area contributed by atoms with Crippen molar-refractivity contribution in [2.75, 3.05) is 35.3 Å². The lowest BCUT2D eigenvalue weighted by Crippen LogP contribution is -2.42. The molecule has 42 heavy (non-hydrogen) atoms. The molecule has 1 aromatic heterocycles. The molecule has 3 heterocycles. The molecule has 2 aliphatic heterocycles. The van der Waals surface area contributed by atoms with Crippen molar-refractivity contribution in [3.05, 3.63) is 95.7 Å². The standard InChI is InChI=1S/C32H31F2N5O3/c1-20-13-15-38(16-14-20)22-11-12-25(26(17-22)41-2)36-32-35-18-27-30(37-32)39(19-21-7-4-3-5-8-21)31(40)29(42-27)28-23(33)9-6-10-24(28)34/h3-12,17-18,20,29H,13-16,19H2,1-2H3,(H,35,36,37). The van der Waals surface area contributed by atoms with Crippen molar-refractivity contribution in [2.24, 2.45) is 5.92 Å². The number of piperidine rings is 1. The van der Waals surface area contributed by atoms with E-state index in [1.807, 2.05) is 48.5 Å². The third kappa shape index (κ3) is 5.44. The maximum atomic E-state index is 14.7. The van der Waals surface area contributed by atoms with Crippen molar-refractivity contribution in [3.8, 4) is 11.5 Å². The normalized spacial score (nSPS) is 17.0. The molecule has 3 aromatic carbocycles. The molecule has 10 heteroatoms. The molecular formula is C32H31F2N5O3. The van der Waals surface area contributed by atoms with E-state index in [1.165, 1.54) is 17.2 Å². The third-order valence-corrected chi connectivity index (χ3v) is 7.75. The Morgan fingerprint density at radius 3 is 2.48 bits per heavy atom. The number of carbonyl (C=O) groups excluding carboxylic acids is 1. The molecule has 1 atom stereocenters. The Kier molecular flexibility index (Phi) is 7.60. The van der Waals surface area contributed by atoms with Gasteiger partial charge in [-0.05, 0) is 48.6 Å². The van der Waals surface area contributed by atoms with Crippen molar-refractivity contribution in [1.29, 1.82) is 0 Å². The number of carbonyl (C=O) groups is 1. The van der Waals surface area contributed by atoms with E-state index in [0.29, 0.717) is 11.4 Å². The Morgan fingerprint density at radius 1 is 1.02 bits per heavy atom. The lowest BCUT2D eigenvalue weighted by atomic mass is 9.99. The number of methoxy groups -OCH3 is 1. The van der Waals surface area contributed by atoms with Crippen molar-refractivity contribution in [1.82, 2.24) is 9.97 Å². The molecule has 1 amide bonds. The average molecular weight is 572 g/mol. The molecule has 1 unspecified atom stereocenters. The minimum Gasteiger partial charge on any atom is -0.494 e. The highest BCUT2D eigenvalue weighted by atomic mass is 19.1. The molecule has 0 saturated carbocycles. The molecule has 1 N–H and O–H groups in total. The van der Waals surface area contributed by atoms with Gasteiger partial charge in [0.15, 0.2) is 11.6 Å².